The number of carbonyl (C=O) groups excluding carboxylic acids is 3. The van der Waals surface area contributed by atoms with Crippen LogP contribution in [0.4, 0.5) is 0 Å². The molecule has 2 unspecified atom stereocenters. The number of fused-ring (bicyclic) bond motifs is 1. The van der Waals surface area contributed by atoms with Crippen LogP contribution in [0.1, 0.15) is 5.01 Å². The first-order valence-electron chi connectivity index (χ1n) is 9.39. The van der Waals surface area contributed by atoms with E-state index in [1.165, 1.54) is 39.8 Å². The van der Waals surface area contributed by atoms with Crippen molar-refractivity contribution in [3.8, 4) is 0 Å². The maximum absolute atomic E-state index is 12.7. The average Bonchev–Trinajstić information content (AvgIpc) is 3.20. The second-order valence-electron chi connectivity index (χ2n) is 6.87. The number of β-lactam (4-membered cyclic amide) rings is 1. The molecule has 2 aromatic rings. The predicted molar refractivity (Wildman–Crippen MR) is 120 cm³/mol. The molecule has 1 aromatic carbocycles. The maximum Gasteiger partial charge on any atom is 1.00 e. The van der Waals surface area contributed by atoms with E-state index in [0.717, 1.165) is 5.01 Å². The third-order valence-electron chi connectivity index (χ3n) is 4.70. The number of hydrogen-bond acceptors (Lipinski definition) is 10. The fourth-order valence-electron chi connectivity index (χ4n) is 3.26. The van der Waals surface area contributed by atoms with E-state index in [1.807, 2.05) is 6.92 Å². The van der Waals surface area contributed by atoms with E-state index in [2.05, 4.69) is 15.5 Å². The van der Waals surface area contributed by atoms with Gasteiger partial charge < -0.3 is 15.2 Å². The fourth-order valence-corrected chi connectivity index (χ4v) is 7.51. The summed E-state index contributed by atoms with van der Waals surface area (Å²) in [5, 5.41) is 22.6. The average molecular weight is 533 g/mol. The number of thioether (sulfide) groups is 2. The number of aryl methyl sites for hydroxylation is 1. The van der Waals surface area contributed by atoms with E-state index in [4.69, 9.17) is 0 Å². The molecule has 0 spiro atoms. The largest absolute Gasteiger partial charge is 1.00 e. The van der Waals surface area contributed by atoms with Crippen LogP contribution in [0.5, 0.6) is 0 Å². The van der Waals surface area contributed by atoms with Crippen LogP contribution < -0.4 is 40.0 Å². The zero-order chi connectivity index (χ0) is 22.8. The van der Waals surface area contributed by atoms with E-state index in [0.29, 0.717) is 26.3 Å². The number of aliphatic carboxylic acids is 1. The maximum atomic E-state index is 12.7. The quantitative estimate of drug-likeness (QED) is 0.217. The molecule has 9 nitrogen and oxygen atoms in total. The third-order valence-corrected chi connectivity index (χ3v) is 9.42. The van der Waals surface area contributed by atoms with Crippen molar-refractivity contribution >= 4 is 63.4 Å². The number of hydrogen-bond donors (Lipinski definition) is 1. The van der Waals surface area contributed by atoms with Gasteiger partial charge >= 0.3 is 29.6 Å². The molecule has 3 heterocycles. The Morgan fingerprint density at radius 1 is 1.30 bits per heavy atom. The smallest absolute Gasteiger partial charge is 0.543 e. The Bertz CT molecular complexity index is 1130. The molecule has 0 bridgehead atoms. The van der Waals surface area contributed by atoms with Gasteiger partial charge in [0.15, 0.2) is 4.34 Å². The summed E-state index contributed by atoms with van der Waals surface area (Å²) in [5.74, 6) is -2.04. The van der Waals surface area contributed by atoms with Crippen molar-refractivity contribution in [2.45, 2.75) is 27.6 Å². The van der Waals surface area contributed by atoms with Gasteiger partial charge in [-0.3, -0.25) is 18.7 Å². The summed E-state index contributed by atoms with van der Waals surface area (Å²) in [7, 11) is -1.54. The van der Waals surface area contributed by atoms with Crippen LogP contribution in [0.3, 0.4) is 0 Å². The minimum absolute atomic E-state index is 0. The van der Waals surface area contributed by atoms with Gasteiger partial charge in [-0.2, -0.15) is 0 Å². The number of carboxylic acid groups (broad SMARTS) is 1. The normalized spacial score (nSPS) is 20.4. The molecule has 1 N–H and O–H groups in total. The van der Waals surface area contributed by atoms with E-state index >= 15 is 0 Å². The van der Waals surface area contributed by atoms with E-state index < -0.39 is 40.0 Å². The SMILES string of the molecule is Cc1nnc(SCC2=C(C(=O)[O-])N3C(=O)C(NC(=O)CS(=O)c4ccccc4)[C@@H]3SC2)s1.[Na+]. The van der Waals surface area contributed by atoms with Gasteiger partial charge in [-0.25, -0.2) is 0 Å². The second kappa shape index (κ2) is 11.5. The van der Waals surface area contributed by atoms with Gasteiger partial charge in [0.25, 0.3) is 5.91 Å². The van der Waals surface area contributed by atoms with Crippen LogP contribution in [0.2, 0.25) is 0 Å². The summed E-state index contributed by atoms with van der Waals surface area (Å²) >= 11 is 4.13. The first-order valence-corrected chi connectivity index (χ1v) is 13.6. The molecular formula is C19H17N4NaO5S4. The van der Waals surface area contributed by atoms with E-state index in [1.54, 1.807) is 30.3 Å². The number of nitrogens with zero attached hydrogens (tertiary/aromatic N) is 3. The van der Waals surface area contributed by atoms with Crippen molar-refractivity contribution in [3.63, 3.8) is 0 Å². The van der Waals surface area contributed by atoms with Gasteiger partial charge in [0.1, 0.15) is 22.2 Å². The van der Waals surface area contributed by atoms with Gasteiger partial charge in [-0.15, -0.1) is 22.0 Å². The molecule has 2 aliphatic rings. The Kier molecular flexibility index (Phi) is 9.17. The summed E-state index contributed by atoms with van der Waals surface area (Å²) in [6.07, 6.45) is 0. The zero-order valence-corrected chi connectivity index (χ0v) is 22.9. The molecule has 4 rings (SSSR count). The number of nitrogens with one attached hydrogen (secondary N) is 1. The topological polar surface area (TPSA) is 132 Å². The molecule has 1 aromatic heterocycles. The number of aromatic nitrogens is 2. The zero-order valence-electron chi connectivity index (χ0n) is 17.7. The number of carboxylic acids is 1. The molecular weight excluding hydrogens is 515 g/mol. The molecule has 0 saturated carbocycles. The van der Waals surface area contributed by atoms with Crippen LogP contribution in [0.25, 0.3) is 0 Å². The van der Waals surface area contributed by atoms with Crippen LogP contribution in [-0.4, -0.2) is 65.8 Å². The molecule has 0 aliphatic carbocycles. The molecule has 1 saturated heterocycles. The summed E-state index contributed by atoms with van der Waals surface area (Å²) in [6.45, 7) is 1.83. The van der Waals surface area contributed by atoms with E-state index in [9.17, 15) is 23.7 Å². The Balaban J connectivity index is 0.00000306. The third kappa shape index (κ3) is 5.89. The summed E-state index contributed by atoms with van der Waals surface area (Å²) in [6, 6.07) is 7.70. The Morgan fingerprint density at radius 2 is 2.03 bits per heavy atom. The minimum Gasteiger partial charge on any atom is -0.543 e. The summed E-state index contributed by atoms with van der Waals surface area (Å²) in [4.78, 5) is 38.5. The van der Waals surface area contributed by atoms with Crippen molar-refractivity contribution in [2.75, 3.05) is 17.3 Å². The molecule has 3 atom stereocenters. The number of carbonyl (C=O) groups is 3. The molecule has 14 heteroatoms. The molecule has 1 fully saturated rings. The van der Waals surface area contributed by atoms with Crippen LogP contribution in [0.15, 0.2) is 50.8 Å². The van der Waals surface area contributed by atoms with Crippen LogP contribution in [0, 0.1) is 6.92 Å². The molecule has 2 amide bonds. The first-order chi connectivity index (χ1) is 15.3. The molecule has 0 radical (unpaired) electrons. The van der Waals surface area contributed by atoms with Crippen molar-refractivity contribution in [3.05, 3.63) is 46.6 Å². The first kappa shape index (κ1) is 26.4. The van der Waals surface area contributed by atoms with E-state index in [-0.39, 0.29) is 41.0 Å². The van der Waals surface area contributed by atoms with Gasteiger partial charge in [0.2, 0.25) is 5.91 Å². The van der Waals surface area contributed by atoms with Gasteiger partial charge in [0.05, 0.1) is 22.5 Å². The van der Waals surface area contributed by atoms with Crippen molar-refractivity contribution in [2.24, 2.45) is 0 Å². The number of benzene rings is 1. The van der Waals surface area contributed by atoms with Crippen molar-refractivity contribution in [1.82, 2.24) is 20.4 Å². The van der Waals surface area contributed by atoms with Crippen LogP contribution >= 0.6 is 34.9 Å². The number of amides is 2. The van der Waals surface area contributed by atoms with Crippen LogP contribution in [-0.2, 0) is 25.2 Å². The molecule has 2 aliphatic heterocycles. The standard InChI is InChI=1S/C19H18N4O5S4.Na/c1-10-21-22-19(31-10)30-8-11-7-29-17-14(16(25)23(17)15(11)18(26)27)20-13(24)9-32(28)12-5-3-2-4-6-12;/h2-6,14,17H,7-9H2,1H3,(H,20,24)(H,26,27);/q;+1/p-1/t14?,17-,32?;/m0./s1. The Labute approximate surface area is 226 Å². The van der Waals surface area contributed by atoms with Gasteiger partial charge in [-0.05, 0) is 24.6 Å². The number of rotatable bonds is 8. The second-order valence-corrected chi connectivity index (χ2v) is 11.8. The summed E-state index contributed by atoms with van der Waals surface area (Å²) in [5.41, 5.74) is 0.415. The minimum atomic E-state index is -1.54. The van der Waals surface area contributed by atoms with Gasteiger partial charge in [0, 0.05) is 16.4 Å². The Morgan fingerprint density at radius 3 is 2.67 bits per heavy atom. The van der Waals surface area contributed by atoms with Crippen molar-refractivity contribution in [1.29, 1.82) is 0 Å². The molecule has 33 heavy (non-hydrogen) atoms. The fraction of sp³-hybridized carbons (Fsp3) is 0.316. The van der Waals surface area contributed by atoms with Gasteiger partial charge in [-0.1, -0.05) is 41.3 Å². The monoisotopic (exact) mass is 532 g/mol. The molecule has 168 valence electrons. The van der Waals surface area contributed by atoms with Crippen molar-refractivity contribution < 1.29 is 53.3 Å². The Hall–Kier alpha value is -1.22. The summed E-state index contributed by atoms with van der Waals surface area (Å²) < 4.78 is 13.0. The predicted octanol–water partition coefficient (Wildman–Crippen LogP) is -2.85.